The van der Waals surface area contributed by atoms with E-state index in [0.29, 0.717) is 23.9 Å². The van der Waals surface area contributed by atoms with Crippen LogP contribution in [0.25, 0.3) is 5.70 Å². The number of hydrogen-bond acceptors (Lipinski definition) is 3. The Morgan fingerprint density at radius 2 is 2.00 bits per heavy atom. The highest BCUT2D eigenvalue weighted by Crippen LogP contribution is 2.24. The lowest BCUT2D eigenvalue weighted by molar-refractivity contribution is 0.292. The zero-order chi connectivity index (χ0) is 19.1. The highest BCUT2D eigenvalue weighted by Gasteiger charge is 2.15. The summed E-state index contributed by atoms with van der Waals surface area (Å²) in [6.45, 7) is 11.1. The van der Waals surface area contributed by atoms with E-state index in [1.165, 1.54) is 4.57 Å². The maximum absolute atomic E-state index is 13.5. The number of ether oxygens (including phenoxy) is 1. The van der Waals surface area contributed by atoms with Gasteiger partial charge in [0, 0.05) is 23.5 Å². The first-order chi connectivity index (χ1) is 11.8. The second kappa shape index (κ2) is 9.32. The molecule has 2 heterocycles. The fourth-order valence-corrected chi connectivity index (χ4v) is 2.23. The Morgan fingerprint density at radius 3 is 2.56 bits per heavy atom. The topological polar surface area (TPSA) is 44.1 Å². The van der Waals surface area contributed by atoms with Crippen molar-refractivity contribution in [1.82, 2.24) is 9.55 Å². The van der Waals surface area contributed by atoms with E-state index >= 15 is 0 Å². The summed E-state index contributed by atoms with van der Waals surface area (Å²) in [4.78, 5) is 15.9. The smallest absolute Gasteiger partial charge is 0.277 e. The summed E-state index contributed by atoms with van der Waals surface area (Å²) >= 11 is 6.03. The van der Waals surface area contributed by atoms with Crippen LogP contribution in [0.2, 0.25) is 5.02 Å². The van der Waals surface area contributed by atoms with Crippen LogP contribution in [0.4, 0.5) is 8.78 Å². The highest BCUT2D eigenvalue weighted by atomic mass is 35.5. The standard InChI is InChI=1S/C16H15ClF2N2O2.C2H6/c1-4-9(2)21-10(3)5-14(15(17)16(21)22)23-8-13-12(19)6-11(18)7-20-13;1-2/h5-7H,2,4,8H2,1,3H3;1-2H3. The van der Waals surface area contributed by atoms with Crippen molar-refractivity contribution in [3.05, 3.63) is 63.3 Å². The predicted octanol–water partition coefficient (Wildman–Crippen LogP) is 4.97. The lowest BCUT2D eigenvalue weighted by Gasteiger charge is -2.15. The van der Waals surface area contributed by atoms with Gasteiger partial charge in [-0.05, 0) is 13.3 Å². The van der Waals surface area contributed by atoms with Crippen molar-refractivity contribution >= 4 is 17.3 Å². The number of aromatic nitrogens is 2. The molecule has 0 spiro atoms. The van der Waals surface area contributed by atoms with Crippen LogP contribution >= 0.6 is 11.6 Å². The molecule has 2 aromatic rings. The van der Waals surface area contributed by atoms with Gasteiger partial charge < -0.3 is 4.74 Å². The molecule has 0 fully saturated rings. The molecule has 0 saturated heterocycles. The van der Waals surface area contributed by atoms with E-state index in [1.54, 1.807) is 13.0 Å². The second-order valence-electron chi connectivity index (χ2n) is 4.90. The Kier molecular flexibility index (Phi) is 7.77. The van der Waals surface area contributed by atoms with Crippen LogP contribution in [0.15, 0.2) is 29.7 Å². The molecule has 0 aliphatic carbocycles. The first kappa shape index (κ1) is 20.8. The number of aryl methyl sites for hydroxylation is 1. The summed E-state index contributed by atoms with van der Waals surface area (Å²) < 4.78 is 33.1. The number of nitrogens with zero attached hydrogens (tertiary/aromatic N) is 2. The minimum atomic E-state index is -0.828. The Morgan fingerprint density at radius 1 is 1.36 bits per heavy atom. The van der Waals surface area contributed by atoms with E-state index in [4.69, 9.17) is 16.3 Å². The molecule has 2 aromatic heterocycles. The molecule has 0 aliphatic heterocycles. The van der Waals surface area contributed by atoms with Crippen LogP contribution in [0.3, 0.4) is 0 Å². The van der Waals surface area contributed by atoms with Crippen LogP contribution in [0, 0.1) is 18.6 Å². The average Bonchev–Trinajstić information content (AvgIpc) is 2.59. The van der Waals surface area contributed by atoms with Gasteiger partial charge >= 0.3 is 0 Å². The Bertz CT molecular complexity index is 819. The molecule has 0 aliphatic rings. The van der Waals surface area contributed by atoms with Gasteiger partial charge in [0.2, 0.25) is 0 Å². The molecule has 0 saturated carbocycles. The van der Waals surface area contributed by atoms with Gasteiger partial charge in [-0.2, -0.15) is 0 Å². The molecular weight excluding hydrogens is 350 g/mol. The number of hydrogen-bond donors (Lipinski definition) is 0. The molecule has 25 heavy (non-hydrogen) atoms. The fraction of sp³-hybridized carbons (Fsp3) is 0.333. The number of pyridine rings is 2. The van der Waals surface area contributed by atoms with E-state index in [-0.39, 0.29) is 23.1 Å². The van der Waals surface area contributed by atoms with E-state index in [9.17, 15) is 13.6 Å². The van der Waals surface area contributed by atoms with Crippen molar-refractivity contribution in [2.45, 2.75) is 40.7 Å². The molecule has 0 aromatic carbocycles. The molecule has 0 bridgehead atoms. The van der Waals surface area contributed by atoms with Gasteiger partial charge in [0.05, 0.1) is 6.20 Å². The predicted molar refractivity (Wildman–Crippen MR) is 95.9 cm³/mol. The van der Waals surface area contributed by atoms with Crippen molar-refractivity contribution in [2.75, 3.05) is 0 Å². The van der Waals surface area contributed by atoms with Gasteiger partial charge in [-0.1, -0.05) is 39.0 Å². The summed E-state index contributed by atoms with van der Waals surface area (Å²) in [5.41, 5.74) is 0.657. The molecule has 0 N–H and O–H groups in total. The van der Waals surface area contributed by atoms with Crippen molar-refractivity contribution in [3.63, 3.8) is 0 Å². The monoisotopic (exact) mass is 370 g/mol. The maximum atomic E-state index is 13.5. The number of allylic oxidation sites excluding steroid dienone is 1. The van der Waals surface area contributed by atoms with E-state index in [0.717, 1.165) is 6.20 Å². The second-order valence-corrected chi connectivity index (χ2v) is 5.27. The maximum Gasteiger partial charge on any atom is 0.277 e. The first-order valence-electron chi connectivity index (χ1n) is 7.88. The van der Waals surface area contributed by atoms with Crippen LogP contribution in [-0.4, -0.2) is 9.55 Å². The SMILES string of the molecule is C=C(CC)n1c(C)cc(OCc2ncc(F)cc2F)c(Cl)c1=O.CC. The molecule has 136 valence electrons. The summed E-state index contributed by atoms with van der Waals surface area (Å²) in [7, 11) is 0. The van der Waals surface area contributed by atoms with Gasteiger partial charge in [0.25, 0.3) is 5.56 Å². The third kappa shape index (κ3) is 4.89. The molecule has 0 unspecified atom stereocenters. The van der Waals surface area contributed by atoms with Gasteiger partial charge in [-0.25, -0.2) is 8.78 Å². The van der Waals surface area contributed by atoms with Crippen LogP contribution < -0.4 is 10.3 Å². The van der Waals surface area contributed by atoms with E-state index < -0.39 is 17.2 Å². The van der Waals surface area contributed by atoms with E-state index in [2.05, 4.69) is 11.6 Å². The largest absolute Gasteiger partial charge is 0.485 e. The van der Waals surface area contributed by atoms with Gasteiger partial charge in [0.15, 0.2) is 5.82 Å². The van der Waals surface area contributed by atoms with Gasteiger partial charge in [0.1, 0.15) is 28.9 Å². The zero-order valence-corrected chi connectivity index (χ0v) is 15.5. The summed E-state index contributed by atoms with van der Waals surface area (Å²) in [5, 5.41) is -0.132. The molecular formula is C18H21ClF2N2O2. The fourth-order valence-electron chi connectivity index (χ4n) is 2.03. The third-order valence-corrected chi connectivity index (χ3v) is 3.62. The van der Waals surface area contributed by atoms with Gasteiger partial charge in [-0.15, -0.1) is 0 Å². The lowest BCUT2D eigenvalue weighted by atomic mass is 10.3. The van der Waals surface area contributed by atoms with Crippen molar-refractivity contribution in [1.29, 1.82) is 0 Å². The summed E-state index contributed by atoms with van der Waals surface area (Å²) in [5.74, 6) is -1.49. The Labute approximate surface area is 150 Å². The molecule has 0 atom stereocenters. The highest BCUT2D eigenvalue weighted by molar-refractivity contribution is 6.31. The lowest BCUT2D eigenvalue weighted by Crippen LogP contribution is -2.22. The molecule has 2 rings (SSSR count). The number of rotatable bonds is 5. The van der Waals surface area contributed by atoms with E-state index in [1.807, 2.05) is 20.8 Å². The molecule has 0 radical (unpaired) electrons. The minimum Gasteiger partial charge on any atom is -0.485 e. The average molecular weight is 371 g/mol. The Hall–Kier alpha value is -2.21. The molecule has 0 amide bonds. The normalized spacial score (nSPS) is 10.0. The number of halogens is 3. The van der Waals surface area contributed by atoms with Crippen molar-refractivity contribution < 1.29 is 13.5 Å². The first-order valence-corrected chi connectivity index (χ1v) is 8.26. The zero-order valence-electron chi connectivity index (χ0n) is 14.7. The minimum absolute atomic E-state index is 0.0812. The summed E-state index contributed by atoms with van der Waals surface area (Å²) in [6.07, 6.45) is 1.47. The van der Waals surface area contributed by atoms with Crippen LogP contribution in [-0.2, 0) is 6.61 Å². The Balaban J connectivity index is 0.00000151. The molecule has 7 heteroatoms. The third-order valence-electron chi connectivity index (χ3n) is 3.27. The quantitative estimate of drug-likeness (QED) is 0.746. The van der Waals surface area contributed by atoms with Crippen molar-refractivity contribution in [2.24, 2.45) is 0 Å². The van der Waals surface area contributed by atoms with Crippen LogP contribution in [0.5, 0.6) is 5.75 Å². The van der Waals surface area contributed by atoms with Crippen molar-refractivity contribution in [3.8, 4) is 5.75 Å². The van der Waals surface area contributed by atoms with Crippen LogP contribution in [0.1, 0.15) is 38.6 Å². The van der Waals surface area contributed by atoms with Gasteiger partial charge in [-0.3, -0.25) is 14.3 Å². The summed E-state index contributed by atoms with van der Waals surface area (Å²) in [6, 6.07) is 2.27. The molecule has 4 nitrogen and oxygen atoms in total.